The van der Waals surface area contributed by atoms with Crippen molar-refractivity contribution < 1.29 is 0 Å². The molecule has 1 heterocycles. The number of benzene rings is 1. The van der Waals surface area contributed by atoms with Gasteiger partial charge < -0.3 is 0 Å². The molecule has 0 spiro atoms. The fourth-order valence-corrected chi connectivity index (χ4v) is 3.67. The number of aryl methyl sites for hydroxylation is 1. The van der Waals surface area contributed by atoms with E-state index in [1.165, 1.54) is 34.0 Å². The largest absolute Gasteiger partial charge is 0.241 e. The molecular weight excluding hydrogens is 226 g/mol. The minimum absolute atomic E-state index is 0.618. The summed E-state index contributed by atoms with van der Waals surface area (Å²) in [4.78, 5) is 6.38. The highest BCUT2D eigenvalue weighted by Gasteiger charge is 2.26. The van der Waals surface area contributed by atoms with Crippen LogP contribution in [0.5, 0.6) is 0 Å². The van der Waals surface area contributed by atoms with Crippen LogP contribution in [-0.4, -0.2) is 4.98 Å². The maximum absolute atomic E-state index is 4.87. The summed E-state index contributed by atoms with van der Waals surface area (Å²) >= 11 is 1.88. The number of rotatable bonds is 1. The van der Waals surface area contributed by atoms with Gasteiger partial charge in [0.1, 0.15) is 5.01 Å². The smallest absolute Gasteiger partial charge is 0.123 e. The molecule has 1 aromatic heterocycles. The molecule has 2 heteroatoms. The third-order valence-corrected chi connectivity index (χ3v) is 5.04. The molecule has 0 N–H and O–H groups in total. The number of nitrogens with zero attached hydrogens (tertiary/aromatic N) is 1. The number of hydrogen-bond acceptors (Lipinski definition) is 2. The van der Waals surface area contributed by atoms with E-state index in [1.54, 1.807) is 0 Å². The maximum atomic E-state index is 4.87. The number of fused-ring (bicyclic) bond motifs is 1. The Kier molecular flexibility index (Phi) is 2.75. The van der Waals surface area contributed by atoms with Crippen LogP contribution in [0.1, 0.15) is 36.8 Å². The van der Waals surface area contributed by atoms with Crippen molar-refractivity contribution >= 4 is 11.3 Å². The Balaban J connectivity index is 2.03. The first-order valence-electron chi connectivity index (χ1n) is 6.30. The molecule has 0 saturated heterocycles. The van der Waals surface area contributed by atoms with Gasteiger partial charge in [0.15, 0.2) is 0 Å². The van der Waals surface area contributed by atoms with E-state index in [2.05, 4.69) is 44.2 Å². The molecule has 1 aromatic carbocycles. The van der Waals surface area contributed by atoms with Gasteiger partial charge in [0.2, 0.25) is 0 Å². The molecule has 1 nitrogen and oxygen atoms in total. The van der Waals surface area contributed by atoms with Crippen molar-refractivity contribution in [3.05, 3.63) is 40.9 Å². The van der Waals surface area contributed by atoms with Crippen LogP contribution in [0.25, 0.3) is 10.6 Å². The van der Waals surface area contributed by atoms with Gasteiger partial charge in [0.25, 0.3) is 0 Å². The van der Waals surface area contributed by atoms with Gasteiger partial charge in [-0.2, -0.15) is 0 Å². The molecule has 0 amide bonds. The van der Waals surface area contributed by atoms with E-state index >= 15 is 0 Å². The van der Waals surface area contributed by atoms with Crippen LogP contribution >= 0.6 is 11.3 Å². The van der Waals surface area contributed by atoms with Crippen LogP contribution in [0, 0.1) is 5.92 Å². The summed E-state index contributed by atoms with van der Waals surface area (Å²) in [5.41, 5.74) is 2.61. The van der Waals surface area contributed by atoms with Crippen LogP contribution in [0.15, 0.2) is 30.3 Å². The predicted octanol–water partition coefficient (Wildman–Crippen LogP) is 4.50. The fourth-order valence-electron chi connectivity index (χ4n) is 2.48. The normalized spacial score (nSPS) is 23.4. The van der Waals surface area contributed by atoms with Crippen molar-refractivity contribution in [2.24, 2.45) is 5.92 Å². The van der Waals surface area contributed by atoms with Gasteiger partial charge in [-0.3, -0.25) is 0 Å². The second-order valence-corrected chi connectivity index (χ2v) is 6.08. The molecule has 0 saturated carbocycles. The molecule has 3 rings (SSSR count). The molecule has 0 aliphatic heterocycles. The van der Waals surface area contributed by atoms with E-state index in [9.17, 15) is 0 Å². The topological polar surface area (TPSA) is 12.9 Å². The number of hydrogen-bond donors (Lipinski definition) is 0. The summed E-state index contributed by atoms with van der Waals surface area (Å²) in [6, 6.07) is 10.5. The van der Waals surface area contributed by atoms with Crippen molar-refractivity contribution in [1.29, 1.82) is 0 Å². The standard InChI is InChI=1S/C15H17NS/c1-10-8-9-13-14(11(10)2)16-15(17-13)12-6-4-3-5-7-12/h3-7,10-11H,8-9H2,1-2H3. The van der Waals surface area contributed by atoms with Crippen LogP contribution in [0.2, 0.25) is 0 Å². The van der Waals surface area contributed by atoms with E-state index in [-0.39, 0.29) is 0 Å². The molecule has 2 aromatic rings. The molecule has 2 unspecified atom stereocenters. The minimum atomic E-state index is 0.618. The SMILES string of the molecule is CC1CCc2sc(-c3ccccc3)nc2C1C. The van der Waals surface area contributed by atoms with Crippen molar-refractivity contribution in [3.8, 4) is 10.6 Å². The number of thiazole rings is 1. The monoisotopic (exact) mass is 243 g/mol. The number of aromatic nitrogens is 1. The molecule has 2 atom stereocenters. The quantitative estimate of drug-likeness (QED) is 0.719. The Morgan fingerprint density at radius 3 is 2.71 bits per heavy atom. The van der Waals surface area contributed by atoms with E-state index in [1.807, 2.05) is 11.3 Å². The van der Waals surface area contributed by atoms with Crippen molar-refractivity contribution in [1.82, 2.24) is 4.98 Å². The van der Waals surface area contributed by atoms with Crippen molar-refractivity contribution in [2.45, 2.75) is 32.6 Å². The van der Waals surface area contributed by atoms with Gasteiger partial charge in [0, 0.05) is 16.4 Å². The van der Waals surface area contributed by atoms with E-state index in [0.29, 0.717) is 5.92 Å². The van der Waals surface area contributed by atoms with E-state index in [4.69, 9.17) is 4.98 Å². The molecule has 0 bridgehead atoms. The lowest BCUT2D eigenvalue weighted by Gasteiger charge is -2.24. The average molecular weight is 243 g/mol. The Morgan fingerprint density at radius 1 is 1.18 bits per heavy atom. The van der Waals surface area contributed by atoms with Crippen LogP contribution in [0.4, 0.5) is 0 Å². The van der Waals surface area contributed by atoms with Crippen LogP contribution in [0.3, 0.4) is 0 Å². The Hall–Kier alpha value is -1.15. The molecule has 1 aliphatic rings. The Labute approximate surface area is 107 Å². The van der Waals surface area contributed by atoms with E-state index in [0.717, 1.165) is 5.92 Å². The first-order valence-corrected chi connectivity index (χ1v) is 7.12. The molecule has 0 fully saturated rings. The summed E-state index contributed by atoms with van der Waals surface area (Å²) in [5, 5.41) is 1.19. The third kappa shape index (κ3) is 1.91. The first-order chi connectivity index (χ1) is 8.25. The lowest BCUT2D eigenvalue weighted by molar-refractivity contribution is 0.422. The van der Waals surface area contributed by atoms with Gasteiger partial charge in [0.05, 0.1) is 5.69 Å². The highest BCUT2D eigenvalue weighted by Crippen LogP contribution is 2.40. The summed E-state index contributed by atoms with van der Waals surface area (Å²) in [6.07, 6.45) is 2.52. The lowest BCUT2D eigenvalue weighted by Crippen LogP contribution is -2.14. The van der Waals surface area contributed by atoms with Crippen LogP contribution in [-0.2, 0) is 6.42 Å². The predicted molar refractivity (Wildman–Crippen MR) is 73.5 cm³/mol. The Bertz CT molecular complexity index is 515. The average Bonchev–Trinajstić information content (AvgIpc) is 2.80. The van der Waals surface area contributed by atoms with Gasteiger partial charge in [-0.05, 0) is 18.8 Å². The molecule has 1 aliphatic carbocycles. The van der Waals surface area contributed by atoms with Gasteiger partial charge in [-0.1, -0.05) is 44.2 Å². The lowest BCUT2D eigenvalue weighted by atomic mass is 9.83. The second kappa shape index (κ2) is 4.26. The summed E-state index contributed by atoms with van der Waals surface area (Å²) < 4.78 is 0. The maximum Gasteiger partial charge on any atom is 0.123 e. The summed E-state index contributed by atoms with van der Waals surface area (Å²) in [6.45, 7) is 4.66. The Morgan fingerprint density at radius 2 is 1.94 bits per heavy atom. The zero-order valence-electron chi connectivity index (χ0n) is 10.3. The summed E-state index contributed by atoms with van der Waals surface area (Å²) in [5.74, 6) is 1.39. The highest BCUT2D eigenvalue weighted by molar-refractivity contribution is 7.15. The molecular formula is C15H17NS. The second-order valence-electron chi connectivity index (χ2n) is 5.00. The summed E-state index contributed by atoms with van der Waals surface area (Å²) in [7, 11) is 0. The first kappa shape index (κ1) is 11.0. The third-order valence-electron chi connectivity index (χ3n) is 3.86. The highest BCUT2D eigenvalue weighted by atomic mass is 32.1. The van der Waals surface area contributed by atoms with Crippen molar-refractivity contribution in [2.75, 3.05) is 0 Å². The fraction of sp³-hybridized carbons (Fsp3) is 0.400. The zero-order valence-corrected chi connectivity index (χ0v) is 11.1. The molecule has 0 radical (unpaired) electrons. The van der Waals surface area contributed by atoms with Crippen LogP contribution < -0.4 is 0 Å². The zero-order chi connectivity index (χ0) is 11.8. The van der Waals surface area contributed by atoms with Gasteiger partial charge >= 0.3 is 0 Å². The van der Waals surface area contributed by atoms with E-state index < -0.39 is 0 Å². The molecule has 88 valence electrons. The molecule has 17 heavy (non-hydrogen) atoms. The van der Waals surface area contributed by atoms with Gasteiger partial charge in [-0.25, -0.2) is 4.98 Å². The van der Waals surface area contributed by atoms with Crippen molar-refractivity contribution in [3.63, 3.8) is 0 Å². The van der Waals surface area contributed by atoms with Gasteiger partial charge in [-0.15, -0.1) is 11.3 Å². The minimum Gasteiger partial charge on any atom is -0.241 e.